The topological polar surface area (TPSA) is 57.5 Å². The van der Waals surface area contributed by atoms with Gasteiger partial charge in [0.1, 0.15) is 18.0 Å². The van der Waals surface area contributed by atoms with Gasteiger partial charge in [-0.3, -0.25) is 4.79 Å². The van der Waals surface area contributed by atoms with Crippen molar-refractivity contribution in [3.05, 3.63) is 0 Å². The van der Waals surface area contributed by atoms with Gasteiger partial charge in [0, 0.05) is 23.7 Å². The van der Waals surface area contributed by atoms with Gasteiger partial charge in [-0.2, -0.15) is 0 Å². The molecule has 0 amide bonds. The second-order valence-corrected chi connectivity index (χ2v) is 11.6. The number of hydrogen-bond donors (Lipinski definition) is 2. The number of carbonyl (C=O) groups is 1. The lowest BCUT2D eigenvalue weighted by atomic mass is 9.42. The Morgan fingerprint density at radius 1 is 1.07 bits per heavy atom. The highest BCUT2D eigenvalue weighted by atomic mass is 16.3. The van der Waals surface area contributed by atoms with E-state index in [9.17, 15) is 15.0 Å². The lowest BCUT2D eigenvalue weighted by Crippen LogP contribution is -2.59. The molecule has 0 aliphatic heterocycles. The van der Waals surface area contributed by atoms with Crippen LogP contribution in [0.2, 0.25) is 0 Å². The van der Waals surface area contributed by atoms with Crippen molar-refractivity contribution in [2.45, 2.75) is 85.2 Å². The maximum absolute atomic E-state index is 12.3. The number of rotatable bonds is 0. The molecule has 156 valence electrons. The first-order valence-electron chi connectivity index (χ1n) is 11.4. The van der Waals surface area contributed by atoms with E-state index < -0.39 is 5.60 Å². The van der Waals surface area contributed by atoms with Crippen molar-refractivity contribution < 1.29 is 15.0 Å². The van der Waals surface area contributed by atoms with Crippen molar-refractivity contribution in [3.8, 4) is 11.8 Å². The van der Waals surface area contributed by atoms with Gasteiger partial charge in [0.15, 0.2) is 0 Å². The molecule has 28 heavy (non-hydrogen) atoms. The van der Waals surface area contributed by atoms with Gasteiger partial charge in [-0.1, -0.05) is 46.5 Å². The van der Waals surface area contributed by atoms with Gasteiger partial charge in [0.25, 0.3) is 0 Å². The van der Waals surface area contributed by atoms with E-state index in [2.05, 4.69) is 46.5 Å². The Balaban J connectivity index is 1.73. The summed E-state index contributed by atoms with van der Waals surface area (Å²) in [5, 5.41) is 21.1. The summed E-state index contributed by atoms with van der Waals surface area (Å²) < 4.78 is 0. The van der Waals surface area contributed by atoms with E-state index in [0.29, 0.717) is 35.4 Å². The number of fused-ring (bicyclic) bond motifs is 5. The number of Topliss-reactive ketones (excluding diaryl/α,β-unsaturated/α-hetero) is 1. The third kappa shape index (κ3) is 2.40. The molecule has 4 aliphatic rings. The van der Waals surface area contributed by atoms with Gasteiger partial charge in [-0.15, -0.1) is 0 Å². The number of aliphatic hydroxyl groups is 2. The Labute approximate surface area is 170 Å². The van der Waals surface area contributed by atoms with Crippen LogP contribution in [-0.2, 0) is 4.79 Å². The van der Waals surface area contributed by atoms with E-state index in [-0.39, 0.29) is 22.9 Å². The molecule has 4 aliphatic carbocycles. The Kier molecular flexibility index (Phi) is 4.61. The molecule has 2 N–H and O–H groups in total. The second kappa shape index (κ2) is 6.32. The average molecular weight is 387 g/mol. The first kappa shape index (κ1) is 20.4. The summed E-state index contributed by atoms with van der Waals surface area (Å²) in [6, 6.07) is 0. The highest BCUT2D eigenvalue weighted by molar-refractivity contribution is 5.80. The maximum atomic E-state index is 12.3. The minimum atomic E-state index is -1.05. The molecule has 0 aromatic carbocycles. The SMILES string of the molecule is C[C@H]1CC(=O)C[C@@H]2CC[C@@H]3[C@H](CC[C@@]4(C)[C@H]3CC(C)(C)[C@]4(O)C#CCO)[C@]21C. The molecule has 4 rings (SSSR count). The van der Waals surface area contributed by atoms with E-state index in [1.54, 1.807) is 0 Å². The number of ketones is 1. The molecule has 0 saturated heterocycles. The van der Waals surface area contributed by atoms with Gasteiger partial charge < -0.3 is 10.2 Å². The molecule has 0 unspecified atom stereocenters. The van der Waals surface area contributed by atoms with E-state index in [0.717, 1.165) is 38.5 Å². The Bertz CT molecular complexity index is 730. The van der Waals surface area contributed by atoms with Crippen LogP contribution in [0.5, 0.6) is 0 Å². The van der Waals surface area contributed by atoms with E-state index in [4.69, 9.17) is 0 Å². The molecule has 8 atom stereocenters. The first-order chi connectivity index (χ1) is 13.0. The average Bonchev–Trinajstić information content (AvgIpc) is 2.78. The quantitative estimate of drug-likeness (QED) is 0.613. The van der Waals surface area contributed by atoms with Crippen LogP contribution in [0.1, 0.15) is 79.6 Å². The highest BCUT2D eigenvalue weighted by Crippen LogP contribution is 2.72. The molecule has 4 saturated carbocycles. The van der Waals surface area contributed by atoms with Gasteiger partial charge in [-0.25, -0.2) is 0 Å². The number of carbonyl (C=O) groups excluding carboxylic acids is 1. The smallest absolute Gasteiger partial charge is 0.136 e. The molecule has 3 heteroatoms. The zero-order chi connectivity index (χ0) is 20.5. The minimum Gasteiger partial charge on any atom is -0.384 e. The molecular formula is C25H38O3. The molecule has 0 bridgehead atoms. The molecule has 0 aromatic heterocycles. The van der Waals surface area contributed by atoms with Crippen LogP contribution >= 0.6 is 0 Å². The van der Waals surface area contributed by atoms with E-state index >= 15 is 0 Å². The zero-order valence-corrected chi connectivity index (χ0v) is 18.3. The lowest BCUT2D eigenvalue weighted by molar-refractivity contribution is -0.163. The summed E-state index contributed by atoms with van der Waals surface area (Å²) in [6.07, 6.45) is 6.98. The van der Waals surface area contributed by atoms with Crippen molar-refractivity contribution in [3.63, 3.8) is 0 Å². The van der Waals surface area contributed by atoms with Crippen LogP contribution in [0.15, 0.2) is 0 Å². The minimum absolute atomic E-state index is 0.198. The Morgan fingerprint density at radius 3 is 2.46 bits per heavy atom. The van der Waals surface area contributed by atoms with Crippen molar-refractivity contribution in [2.24, 2.45) is 45.8 Å². The summed E-state index contributed by atoms with van der Waals surface area (Å²) in [7, 11) is 0. The summed E-state index contributed by atoms with van der Waals surface area (Å²) in [4.78, 5) is 12.3. The van der Waals surface area contributed by atoms with Gasteiger partial charge in [-0.05, 0) is 67.1 Å². The summed E-state index contributed by atoms with van der Waals surface area (Å²) in [5.74, 6) is 9.10. The lowest BCUT2D eigenvalue weighted by Gasteiger charge is -2.62. The maximum Gasteiger partial charge on any atom is 0.136 e. The van der Waals surface area contributed by atoms with Crippen molar-refractivity contribution >= 4 is 5.78 Å². The Hall–Kier alpha value is -0.850. The Morgan fingerprint density at radius 2 is 1.79 bits per heavy atom. The van der Waals surface area contributed by atoms with Crippen LogP contribution in [0.4, 0.5) is 0 Å². The van der Waals surface area contributed by atoms with Gasteiger partial charge >= 0.3 is 0 Å². The fourth-order valence-corrected chi connectivity index (χ4v) is 8.57. The van der Waals surface area contributed by atoms with Crippen molar-refractivity contribution in [2.75, 3.05) is 6.61 Å². The fraction of sp³-hybridized carbons (Fsp3) is 0.880. The molecule has 0 spiro atoms. The summed E-state index contributed by atoms with van der Waals surface area (Å²) in [5.41, 5.74) is -1.31. The third-order valence-electron chi connectivity index (χ3n) is 10.3. The molecule has 4 fully saturated rings. The van der Waals surface area contributed by atoms with Gasteiger partial charge in [0.2, 0.25) is 0 Å². The fourth-order valence-electron chi connectivity index (χ4n) is 8.57. The van der Waals surface area contributed by atoms with Crippen LogP contribution in [0.3, 0.4) is 0 Å². The monoisotopic (exact) mass is 386 g/mol. The van der Waals surface area contributed by atoms with Crippen LogP contribution in [0.25, 0.3) is 0 Å². The second-order valence-electron chi connectivity index (χ2n) is 11.6. The van der Waals surface area contributed by atoms with Crippen molar-refractivity contribution in [1.82, 2.24) is 0 Å². The molecule has 0 heterocycles. The standard InChI is InChI=1S/C25H38O3/c1-16-13-18(27)14-17-7-8-19-20(24(16,17)5)9-11-23(4)21(19)15-22(2,3)25(23,28)10-6-12-26/h16-17,19-21,26,28H,7-9,11-15H2,1-5H3/t16-,17-,19+,20-,21-,23-,24-,25+/m0/s1. The first-order valence-corrected chi connectivity index (χ1v) is 11.4. The molecule has 0 radical (unpaired) electrons. The normalized spacial score (nSPS) is 52.1. The third-order valence-corrected chi connectivity index (χ3v) is 10.3. The van der Waals surface area contributed by atoms with Crippen molar-refractivity contribution in [1.29, 1.82) is 0 Å². The van der Waals surface area contributed by atoms with Crippen LogP contribution in [0, 0.1) is 57.7 Å². The number of aliphatic hydroxyl groups excluding tert-OH is 1. The van der Waals surface area contributed by atoms with E-state index in [1.165, 1.54) is 6.42 Å². The highest BCUT2D eigenvalue weighted by Gasteiger charge is 2.70. The molecular weight excluding hydrogens is 348 g/mol. The largest absolute Gasteiger partial charge is 0.384 e. The van der Waals surface area contributed by atoms with E-state index in [1.807, 2.05) is 0 Å². The summed E-state index contributed by atoms with van der Waals surface area (Å²) >= 11 is 0. The summed E-state index contributed by atoms with van der Waals surface area (Å²) in [6.45, 7) is 11.2. The van der Waals surface area contributed by atoms with Crippen LogP contribution in [-0.4, -0.2) is 28.2 Å². The molecule has 0 aromatic rings. The predicted octanol–water partition coefficient (Wildman–Crippen LogP) is 4.21. The van der Waals surface area contributed by atoms with Gasteiger partial charge in [0.05, 0.1) is 0 Å². The van der Waals surface area contributed by atoms with Crippen LogP contribution < -0.4 is 0 Å². The molecule has 3 nitrogen and oxygen atoms in total. The predicted molar refractivity (Wildman–Crippen MR) is 110 cm³/mol. The zero-order valence-electron chi connectivity index (χ0n) is 18.3. The number of hydrogen-bond acceptors (Lipinski definition) is 3.